The van der Waals surface area contributed by atoms with Gasteiger partial charge in [-0.1, -0.05) is 103 Å². The Morgan fingerprint density at radius 3 is 2.30 bits per heavy atom. The molecule has 1 amide bonds. The van der Waals surface area contributed by atoms with E-state index in [0.717, 1.165) is 20.0 Å². The first-order valence-electron chi connectivity index (χ1n) is 8.59. The summed E-state index contributed by atoms with van der Waals surface area (Å²) in [5, 5.41) is 8.00. The zero-order chi connectivity index (χ0) is 19.2. The normalized spacial score (nSPS) is 12.3. The molecule has 1 unspecified atom stereocenters. The first-order chi connectivity index (χ1) is 13.0. The lowest BCUT2D eigenvalue weighted by Gasteiger charge is -2.10. The topological polar surface area (TPSA) is 68.9 Å². The minimum Gasteiger partial charge on any atom is -0.368 e. The van der Waals surface area contributed by atoms with Gasteiger partial charge in [0.15, 0.2) is 8.68 Å². The molecule has 140 valence electrons. The number of amides is 1. The highest BCUT2D eigenvalue weighted by Crippen LogP contribution is 2.38. The Morgan fingerprint density at radius 2 is 1.67 bits per heavy atom. The summed E-state index contributed by atoms with van der Waals surface area (Å²) < 4.78 is 1.64. The third kappa shape index (κ3) is 5.57. The summed E-state index contributed by atoms with van der Waals surface area (Å²) in [6, 6.07) is 18.2. The van der Waals surface area contributed by atoms with Crippen molar-refractivity contribution < 1.29 is 4.79 Å². The SMILES string of the molecule is CC(C)c1ccc(CSc2nnc(SC(C(N)=O)c3ccccc3)s2)cc1. The van der Waals surface area contributed by atoms with Gasteiger partial charge in [-0.25, -0.2) is 0 Å². The summed E-state index contributed by atoms with van der Waals surface area (Å²) in [5.74, 6) is 1.01. The van der Waals surface area contributed by atoms with E-state index in [-0.39, 0.29) is 5.91 Å². The summed E-state index contributed by atoms with van der Waals surface area (Å²) in [4.78, 5) is 11.8. The molecule has 27 heavy (non-hydrogen) atoms. The molecular formula is C20H21N3OS3. The van der Waals surface area contributed by atoms with Crippen molar-refractivity contribution in [3.63, 3.8) is 0 Å². The Kier molecular flexibility index (Phi) is 6.93. The Bertz CT molecular complexity index is 879. The van der Waals surface area contributed by atoms with Gasteiger partial charge in [0.25, 0.3) is 0 Å². The van der Waals surface area contributed by atoms with Crippen LogP contribution in [0.4, 0.5) is 0 Å². The summed E-state index contributed by atoms with van der Waals surface area (Å²) >= 11 is 4.51. The first kappa shape index (κ1) is 19.9. The van der Waals surface area contributed by atoms with Crippen LogP contribution < -0.4 is 5.73 Å². The minimum atomic E-state index is -0.458. The lowest BCUT2D eigenvalue weighted by atomic mass is 10.0. The molecule has 7 heteroatoms. The van der Waals surface area contributed by atoms with Crippen molar-refractivity contribution in [2.45, 2.75) is 39.4 Å². The average Bonchev–Trinajstić information content (AvgIpc) is 3.13. The fraction of sp³-hybridized carbons (Fsp3) is 0.250. The Morgan fingerprint density at radius 1 is 1.00 bits per heavy atom. The number of hydrogen-bond donors (Lipinski definition) is 1. The van der Waals surface area contributed by atoms with Crippen molar-refractivity contribution in [1.82, 2.24) is 10.2 Å². The van der Waals surface area contributed by atoms with Crippen LogP contribution in [0.3, 0.4) is 0 Å². The maximum Gasteiger partial charge on any atom is 0.235 e. The van der Waals surface area contributed by atoms with Crippen LogP contribution in [0, 0.1) is 0 Å². The number of nitrogens with zero attached hydrogens (tertiary/aromatic N) is 2. The predicted molar refractivity (Wildman–Crippen MR) is 114 cm³/mol. The fourth-order valence-electron chi connectivity index (χ4n) is 2.47. The van der Waals surface area contributed by atoms with Crippen LogP contribution in [0.2, 0.25) is 0 Å². The third-order valence-electron chi connectivity index (χ3n) is 3.98. The summed E-state index contributed by atoms with van der Waals surface area (Å²) in [6.45, 7) is 4.39. The monoisotopic (exact) mass is 415 g/mol. The molecule has 1 heterocycles. The van der Waals surface area contributed by atoms with Crippen LogP contribution in [0.25, 0.3) is 0 Å². The lowest BCUT2D eigenvalue weighted by Crippen LogP contribution is -2.18. The number of primary amides is 1. The summed E-state index contributed by atoms with van der Waals surface area (Å²) in [7, 11) is 0. The molecule has 1 aromatic heterocycles. The van der Waals surface area contributed by atoms with Crippen molar-refractivity contribution in [2.24, 2.45) is 5.73 Å². The molecule has 0 fully saturated rings. The summed E-state index contributed by atoms with van der Waals surface area (Å²) in [5.41, 5.74) is 9.06. The van der Waals surface area contributed by atoms with Gasteiger partial charge in [0, 0.05) is 5.75 Å². The van der Waals surface area contributed by atoms with Gasteiger partial charge >= 0.3 is 0 Å². The van der Waals surface area contributed by atoms with Gasteiger partial charge in [0.2, 0.25) is 5.91 Å². The van der Waals surface area contributed by atoms with E-state index in [4.69, 9.17) is 5.73 Å². The molecule has 0 aliphatic heterocycles. The standard InChI is InChI=1S/C20H21N3OS3/c1-13(2)15-10-8-14(9-11-15)12-25-19-22-23-20(27-19)26-17(18(21)24)16-6-4-3-5-7-16/h3-11,13,17H,12H2,1-2H3,(H2,21,24). The van der Waals surface area contributed by atoms with E-state index in [9.17, 15) is 4.79 Å². The molecule has 0 saturated heterocycles. The maximum atomic E-state index is 11.8. The van der Waals surface area contributed by atoms with E-state index < -0.39 is 5.25 Å². The maximum absolute atomic E-state index is 11.8. The molecule has 2 N–H and O–H groups in total. The van der Waals surface area contributed by atoms with Crippen molar-refractivity contribution in [3.05, 3.63) is 71.3 Å². The van der Waals surface area contributed by atoms with Gasteiger partial charge in [-0.15, -0.1) is 10.2 Å². The number of aromatic nitrogens is 2. The molecule has 0 bridgehead atoms. The van der Waals surface area contributed by atoms with Gasteiger partial charge in [0.05, 0.1) is 0 Å². The van der Waals surface area contributed by atoms with Gasteiger partial charge < -0.3 is 5.73 Å². The van der Waals surface area contributed by atoms with E-state index in [1.165, 1.54) is 34.2 Å². The second-order valence-corrected chi connectivity index (χ2v) is 9.88. The molecule has 2 aromatic carbocycles. The minimum absolute atomic E-state index is 0.374. The van der Waals surface area contributed by atoms with Gasteiger partial charge in [-0.2, -0.15) is 0 Å². The van der Waals surface area contributed by atoms with Crippen LogP contribution in [0.15, 0.2) is 63.3 Å². The van der Waals surface area contributed by atoms with E-state index in [1.807, 2.05) is 30.3 Å². The summed E-state index contributed by atoms with van der Waals surface area (Å²) in [6.07, 6.45) is 0. The van der Waals surface area contributed by atoms with Crippen molar-refractivity contribution in [3.8, 4) is 0 Å². The average molecular weight is 416 g/mol. The zero-order valence-electron chi connectivity index (χ0n) is 15.2. The van der Waals surface area contributed by atoms with E-state index >= 15 is 0 Å². The van der Waals surface area contributed by atoms with E-state index in [0.29, 0.717) is 5.92 Å². The van der Waals surface area contributed by atoms with Crippen LogP contribution >= 0.6 is 34.9 Å². The largest absolute Gasteiger partial charge is 0.368 e. The number of nitrogens with two attached hydrogens (primary N) is 1. The molecule has 0 aliphatic rings. The number of hydrogen-bond acceptors (Lipinski definition) is 6. The van der Waals surface area contributed by atoms with Crippen LogP contribution in [-0.2, 0) is 10.5 Å². The number of carbonyl (C=O) groups excluding carboxylic acids is 1. The molecule has 3 aromatic rings. The molecule has 1 atom stereocenters. The van der Waals surface area contributed by atoms with E-state index in [2.05, 4.69) is 48.3 Å². The second-order valence-electron chi connectivity index (χ2n) is 6.33. The highest BCUT2D eigenvalue weighted by Gasteiger charge is 2.21. The van der Waals surface area contributed by atoms with Crippen LogP contribution in [-0.4, -0.2) is 16.1 Å². The number of rotatable bonds is 8. The Balaban J connectivity index is 1.61. The quantitative estimate of drug-likeness (QED) is 0.507. The smallest absolute Gasteiger partial charge is 0.235 e. The molecule has 0 spiro atoms. The lowest BCUT2D eigenvalue weighted by molar-refractivity contribution is -0.117. The zero-order valence-corrected chi connectivity index (χ0v) is 17.6. The number of thioether (sulfide) groups is 2. The molecule has 0 radical (unpaired) electrons. The second kappa shape index (κ2) is 9.39. The van der Waals surface area contributed by atoms with Crippen LogP contribution in [0.5, 0.6) is 0 Å². The Hall–Kier alpha value is -1.83. The van der Waals surface area contributed by atoms with Crippen molar-refractivity contribution >= 4 is 40.8 Å². The highest BCUT2D eigenvalue weighted by molar-refractivity contribution is 8.03. The van der Waals surface area contributed by atoms with Gasteiger partial charge in [-0.05, 0) is 22.6 Å². The highest BCUT2D eigenvalue weighted by atomic mass is 32.2. The molecule has 0 saturated carbocycles. The van der Waals surface area contributed by atoms with Gasteiger partial charge in [-0.3, -0.25) is 4.79 Å². The fourth-order valence-corrected chi connectivity index (χ4v) is 5.58. The number of carbonyl (C=O) groups is 1. The third-order valence-corrected chi connectivity index (χ3v) is 7.46. The first-order valence-corrected chi connectivity index (χ1v) is 11.3. The molecule has 4 nitrogen and oxygen atoms in total. The number of benzene rings is 2. The molecular weight excluding hydrogens is 394 g/mol. The molecule has 3 rings (SSSR count). The predicted octanol–water partition coefficient (Wildman–Crippen LogP) is 5.27. The molecule has 0 aliphatic carbocycles. The van der Waals surface area contributed by atoms with Crippen molar-refractivity contribution in [1.29, 1.82) is 0 Å². The van der Waals surface area contributed by atoms with Crippen molar-refractivity contribution in [2.75, 3.05) is 0 Å². The van der Waals surface area contributed by atoms with Gasteiger partial charge in [0.1, 0.15) is 5.25 Å². The van der Waals surface area contributed by atoms with E-state index in [1.54, 1.807) is 11.8 Å². The van der Waals surface area contributed by atoms with Crippen LogP contribution in [0.1, 0.15) is 41.7 Å². The Labute approximate surface area is 172 Å².